The molecule has 2 aromatic rings. The summed E-state index contributed by atoms with van der Waals surface area (Å²) in [5.74, 6) is 0.882. The van der Waals surface area contributed by atoms with Gasteiger partial charge in [-0.15, -0.1) is 6.58 Å². The number of imidazole rings is 1. The van der Waals surface area contributed by atoms with Gasteiger partial charge >= 0.3 is 0 Å². The normalized spacial score (nSPS) is 10.4. The van der Waals surface area contributed by atoms with Crippen molar-refractivity contribution >= 4 is 5.95 Å². The summed E-state index contributed by atoms with van der Waals surface area (Å²) in [7, 11) is 1.95. The molecule has 2 aromatic heterocycles. The second kappa shape index (κ2) is 5.34. The highest BCUT2D eigenvalue weighted by Gasteiger charge is 2.01. The number of hydrogen-bond acceptors (Lipinski definition) is 3. The molecule has 0 spiro atoms. The zero-order valence-electron chi connectivity index (χ0n) is 10.0. The van der Waals surface area contributed by atoms with Crippen molar-refractivity contribution in [3.05, 3.63) is 43.0 Å². The molecular weight excluding hydrogens is 214 g/mol. The number of aromatic nitrogens is 4. The minimum Gasteiger partial charge on any atom is -0.355 e. The average molecular weight is 231 g/mol. The third kappa shape index (κ3) is 2.75. The first-order chi connectivity index (χ1) is 8.31. The lowest BCUT2D eigenvalue weighted by Crippen LogP contribution is -2.12. The fourth-order valence-corrected chi connectivity index (χ4v) is 1.71. The van der Waals surface area contributed by atoms with E-state index in [2.05, 4.69) is 22.0 Å². The van der Waals surface area contributed by atoms with Gasteiger partial charge in [0.2, 0.25) is 5.95 Å². The highest BCUT2D eigenvalue weighted by Crippen LogP contribution is 2.05. The monoisotopic (exact) mass is 231 g/mol. The Balaban J connectivity index is 1.87. The van der Waals surface area contributed by atoms with E-state index < -0.39 is 0 Å². The Morgan fingerprint density at radius 2 is 2.35 bits per heavy atom. The average Bonchev–Trinajstić information content (AvgIpc) is 2.90. The van der Waals surface area contributed by atoms with Crippen molar-refractivity contribution in [2.75, 3.05) is 11.9 Å². The van der Waals surface area contributed by atoms with Crippen LogP contribution in [0, 0.1) is 0 Å². The van der Waals surface area contributed by atoms with Gasteiger partial charge in [0, 0.05) is 50.8 Å². The minimum absolute atomic E-state index is 0.772. The Kier molecular flexibility index (Phi) is 3.59. The maximum Gasteiger partial charge on any atom is 0.203 e. The van der Waals surface area contributed by atoms with E-state index >= 15 is 0 Å². The van der Waals surface area contributed by atoms with Gasteiger partial charge < -0.3 is 9.88 Å². The van der Waals surface area contributed by atoms with Crippen LogP contribution in [-0.2, 0) is 20.0 Å². The Morgan fingerprint density at radius 3 is 3.06 bits per heavy atom. The van der Waals surface area contributed by atoms with Gasteiger partial charge in [0.25, 0.3) is 0 Å². The SMILES string of the molecule is C=CCn1ccnc1NCCc1ccnn1C. The molecule has 0 aromatic carbocycles. The van der Waals surface area contributed by atoms with Crippen LogP contribution in [0.2, 0.25) is 0 Å². The molecule has 0 aliphatic heterocycles. The van der Waals surface area contributed by atoms with E-state index in [4.69, 9.17) is 0 Å². The van der Waals surface area contributed by atoms with Gasteiger partial charge in [0.1, 0.15) is 0 Å². The lowest BCUT2D eigenvalue weighted by atomic mass is 10.3. The highest BCUT2D eigenvalue weighted by atomic mass is 15.3. The number of rotatable bonds is 6. The van der Waals surface area contributed by atoms with Crippen LogP contribution >= 0.6 is 0 Å². The van der Waals surface area contributed by atoms with Crippen molar-refractivity contribution in [3.8, 4) is 0 Å². The first-order valence-corrected chi connectivity index (χ1v) is 5.64. The Bertz CT molecular complexity index is 483. The topological polar surface area (TPSA) is 47.7 Å². The van der Waals surface area contributed by atoms with E-state index in [1.807, 2.05) is 40.8 Å². The number of nitrogens with zero attached hydrogens (tertiary/aromatic N) is 4. The van der Waals surface area contributed by atoms with Gasteiger partial charge in [-0.25, -0.2) is 4.98 Å². The van der Waals surface area contributed by atoms with Crippen LogP contribution in [0.1, 0.15) is 5.69 Å². The van der Waals surface area contributed by atoms with E-state index in [0.29, 0.717) is 0 Å². The van der Waals surface area contributed by atoms with Crippen molar-refractivity contribution in [1.82, 2.24) is 19.3 Å². The number of hydrogen-bond donors (Lipinski definition) is 1. The van der Waals surface area contributed by atoms with Gasteiger partial charge in [0.15, 0.2) is 0 Å². The zero-order valence-corrected chi connectivity index (χ0v) is 10.0. The smallest absolute Gasteiger partial charge is 0.203 e. The summed E-state index contributed by atoms with van der Waals surface area (Å²) in [6, 6.07) is 2.03. The summed E-state index contributed by atoms with van der Waals surface area (Å²) in [6.07, 6.45) is 8.32. The molecule has 0 saturated heterocycles. The van der Waals surface area contributed by atoms with Gasteiger partial charge in [0.05, 0.1) is 0 Å². The van der Waals surface area contributed by atoms with Crippen molar-refractivity contribution in [2.24, 2.45) is 7.05 Å². The van der Waals surface area contributed by atoms with Gasteiger partial charge in [-0.1, -0.05) is 6.08 Å². The molecule has 5 nitrogen and oxygen atoms in total. The van der Waals surface area contributed by atoms with E-state index in [9.17, 15) is 0 Å². The predicted octanol–water partition coefficient (Wildman–Crippen LogP) is 1.46. The molecule has 1 N–H and O–H groups in total. The summed E-state index contributed by atoms with van der Waals surface area (Å²) in [4.78, 5) is 4.26. The molecular formula is C12H17N5. The molecule has 2 rings (SSSR count). The van der Waals surface area contributed by atoms with Crippen LogP contribution < -0.4 is 5.32 Å². The number of allylic oxidation sites excluding steroid dienone is 1. The summed E-state index contributed by atoms with van der Waals surface area (Å²) in [6.45, 7) is 5.33. The molecule has 0 aliphatic rings. The lowest BCUT2D eigenvalue weighted by Gasteiger charge is -2.07. The fourth-order valence-electron chi connectivity index (χ4n) is 1.71. The maximum atomic E-state index is 4.26. The molecule has 0 radical (unpaired) electrons. The third-order valence-electron chi connectivity index (χ3n) is 2.63. The van der Waals surface area contributed by atoms with Gasteiger partial charge in [-0.05, 0) is 6.07 Å². The molecule has 5 heteroatoms. The first kappa shape index (κ1) is 11.4. The summed E-state index contributed by atoms with van der Waals surface area (Å²) in [5, 5.41) is 7.44. The Labute approximate surface area is 101 Å². The van der Waals surface area contributed by atoms with Crippen molar-refractivity contribution in [2.45, 2.75) is 13.0 Å². The van der Waals surface area contributed by atoms with Crippen molar-refractivity contribution in [1.29, 1.82) is 0 Å². The van der Waals surface area contributed by atoms with Crippen LogP contribution in [0.15, 0.2) is 37.3 Å². The summed E-state index contributed by atoms with van der Waals surface area (Å²) >= 11 is 0. The number of nitrogens with one attached hydrogen (secondary N) is 1. The molecule has 0 atom stereocenters. The molecule has 0 fully saturated rings. The molecule has 90 valence electrons. The van der Waals surface area contributed by atoms with E-state index in [-0.39, 0.29) is 0 Å². The van der Waals surface area contributed by atoms with Crippen LogP contribution in [-0.4, -0.2) is 25.9 Å². The number of anilines is 1. The quantitative estimate of drug-likeness (QED) is 0.766. The largest absolute Gasteiger partial charge is 0.355 e. The lowest BCUT2D eigenvalue weighted by molar-refractivity contribution is 0.708. The van der Waals surface area contributed by atoms with Gasteiger partial charge in [-0.3, -0.25) is 4.68 Å². The molecule has 0 saturated carbocycles. The second-order valence-corrected chi connectivity index (χ2v) is 3.81. The van der Waals surface area contributed by atoms with Crippen LogP contribution in [0.25, 0.3) is 0 Å². The third-order valence-corrected chi connectivity index (χ3v) is 2.63. The van der Waals surface area contributed by atoms with Crippen LogP contribution in [0.5, 0.6) is 0 Å². The highest BCUT2D eigenvalue weighted by molar-refractivity contribution is 5.26. The van der Waals surface area contributed by atoms with Gasteiger partial charge in [-0.2, -0.15) is 5.10 Å². The molecule has 0 aliphatic carbocycles. The molecule has 17 heavy (non-hydrogen) atoms. The molecule has 2 heterocycles. The van der Waals surface area contributed by atoms with Crippen molar-refractivity contribution < 1.29 is 0 Å². The van der Waals surface area contributed by atoms with E-state index in [1.54, 1.807) is 6.20 Å². The van der Waals surface area contributed by atoms with Crippen LogP contribution in [0.3, 0.4) is 0 Å². The minimum atomic E-state index is 0.772. The first-order valence-electron chi connectivity index (χ1n) is 5.64. The fraction of sp³-hybridized carbons (Fsp3) is 0.333. The Hall–Kier alpha value is -2.04. The van der Waals surface area contributed by atoms with E-state index in [1.165, 1.54) is 5.69 Å². The Morgan fingerprint density at radius 1 is 1.47 bits per heavy atom. The predicted molar refractivity (Wildman–Crippen MR) is 67.8 cm³/mol. The molecule has 0 bridgehead atoms. The van der Waals surface area contributed by atoms with E-state index in [0.717, 1.165) is 25.5 Å². The summed E-state index contributed by atoms with van der Waals surface area (Å²) < 4.78 is 3.91. The second-order valence-electron chi connectivity index (χ2n) is 3.81. The zero-order chi connectivity index (χ0) is 12.1. The maximum absolute atomic E-state index is 4.26. The summed E-state index contributed by atoms with van der Waals surface area (Å²) in [5.41, 5.74) is 1.21. The van der Waals surface area contributed by atoms with Crippen LogP contribution in [0.4, 0.5) is 5.95 Å². The van der Waals surface area contributed by atoms with Crippen molar-refractivity contribution in [3.63, 3.8) is 0 Å². The molecule has 0 amide bonds. The number of aryl methyl sites for hydroxylation is 1. The molecule has 0 unspecified atom stereocenters. The standard InChI is InChI=1S/C12H17N5/c1-3-9-17-10-8-14-12(17)13-6-4-11-5-7-15-16(11)2/h3,5,7-8,10H,1,4,6,9H2,2H3,(H,13,14).